The maximum Gasteiger partial charge on any atom is 0.340 e. The molecule has 0 saturated carbocycles. The number of benzene rings is 2. The highest BCUT2D eigenvalue weighted by molar-refractivity contribution is 7.99. The van der Waals surface area contributed by atoms with Gasteiger partial charge in [-0.05, 0) is 43.4 Å². The van der Waals surface area contributed by atoms with E-state index in [9.17, 15) is 9.90 Å². The molecule has 0 saturated heterocycles. The average Bonchev–Trinajstić information content (AvgIpc) is 2.42. The molecule has 0 spiro atoms. The lowest BCUT2D eigenvalue weighted by molar-refractivity contribution is 0.0690. The smallest absolute Gasteiger partial charge is 0.340 e. The zero-order chi connectivity index (χ0) is 15.4. The number of carboxylic acids is 1. The quantitative estimate of drug-likeness (QED) is 0.797. The van der Waals surface area contributed by atoms with Gasteiger partial charge in [0.25, 0.3) is 0 Å². The van der Waals surface area contributed by atoms with Gasteiger partial charge in [-0.25, -0.2) is 4.79 Å². The lowest BCUT2D eigenvalue weighted by Crippen LogP contribution is -2.03. The summed E-state index contributed by atoms with van der Waals surface area (Å²) in [5, 5.41) is 9.47. The molecule has 0 aliphatic carbocycles. The summed E-state index contributed by atoms with van der Waals surface area (Å²) < 4.78 is 5.85. The fourth-order valence-corrected chi connectivity index (χ4v) is 2.93. The van der Waals surface area contributed by atoms with Crippen LogP contribution in [0.15, 0.2) is 41.3 Å². The Morgan fingerprint density at radius 3 is 2.57 bits per heavy atom. The zero-order valence-corrected chi connectivity index (χ0v) is 13.2. The van der Waals surface area contributed by atoms with Crippen molar-refractivity contribution >= 4 is 17.7 Å². The highest BCUT2D eigenvalue weighted by Gasteiger charge is 2.17. The van der Waals surface area contributed by atoms with Crippen LogP contribution in [0.1, 0.15) is 28.4 Å². The van der Waals surface area contributed by atoms with Crippen LogP contribution < -0.4 is 4.74 Å². The van der Waals surface area contributed by atoms with Crippen molar-refractivity contribution in [3.8, 4) is 11.5 Å². The van der Waals surface area contributed by atoms with E-state index in [1.54, 1.807) is 6.07 Å². The van der Waals surface area contributed by atoms with Crippen molar-refractivity contribution in [2.75, 3.05) is 5.75 Å². The van der Waals surface area contributed by atoms with Crippen molar-refractivity contribution in [2.45, 2.75) is 25.7 Å². The monoisotopic (exact) mass is 302 g/mol. The Bertz CT molecular complexity index is 665. The summed E-state index contributed by atoms with van der Waals surface area (Å²) in [6, 6.07) is 11.2. The van der Waals surface area contributed by atoms with Gasteiger partial charge >= 0.3 is 5.97 Å². The summed E-state index contributed by atoms with van der Waals surface area (Å²) in [6.07, 6.45) is 0. The first-order chi connectivity index (χ1) is 10.0. The minimum Gasteiger partial charge on any atom is -0.478 e. The molecule has 0 aromatic heterocycles. The standard InChI is InChI=1S/C17H18O3S/c1-4-21-15-7-5-6-14(16(15)17(18)19)20-13-9-8-11(2)10-12(13)3/h5-10H,4H2,1-3H3,(H,18,19). The van der Waals surface area contributed by atoms with Crippen molar-refractivity contribution in [3.63, 3.8) is 0 Å². The molecule has 0 atom stereocenters. The number of aryl methyl sites for hydroxylation is 2. The van der Waals surface area contributed by atoms with E-state index in [1.807, 2.05) is 51.1 Å². The van der Waals surface area contributed by atoms with Gasteiger partial charge in [-0.2, -0.15) is 0 Å². The van der Waals surface area contributed by atoms with E-state index in [-0.39, 0.29) is 5.56 Å². The van der Waals surface area contributed by atoms with Gasteiger partial charge in [0.15, 0.2) is 0 Å². The maximum absolute atomic E-state index is 11.6. The number of ether oxygens (including phenoxy) is 1. The van der Waals surface area contributed by atoms with Crippen molar-refractivity contribution in [1.29, 1.82) is 0 Å². The van der Waals surface area contributed by atoms with Crippen molar-refractivity contribution in [1.82, 2.24) is 0 Å². The van der Waals surface area contributed by atoms with Crippen LogP contribution in [0.3, 0.4) is 0 Å². The molecule has 0 unspecified atom stereocenters. The first-order valence-electron chi connectivity index (χ1n) is 6.77. The third-order valence-electron chi connectivity index (χ3n) is 3.05. The number of hydrogen-bond acceptors (Lipinski definition) is 3. The second-order valence-electron chi connectivity index (χ2n) is 4.74. The Morgan fingerprint density at radius 2 is 1.95 bits per heavy atom. The molecule has 0 amide bonds. The van der Waals surface area contributed by atoms with E-state index in [0.717, 1.165) is 21.8 Å². The van der Waals surface area contributed by atoms with Crippen LogP contribution in [0.4, 0.5) is 0 Å². The second-order valence-corrected chi connectivity index (χ2v) is 6.04. The van der Waals surface area contributed by atoms with E-state index < -0.39 is 5.97 Å². The zero-order valence-electron chi connectivity index (χ0n) is 12.3. The van der Waals surface area contributed by atoms with Gasteiger partial charge in [0.2, 0.25) is 0 Å². The SMILES string of the molecule is CCSc1cccc(Oc2ccc(C)cc2C)c1C(=O)O. The van der Waals surface area contributed by atoms with E-state index in [4.69, 9.17) is 4.74 Å². The van der Waals surface area contributed by atoms with E-state index in [1.165, 1.54) is 11.8 Å². The van der Waals surface area contributed by atoms with E-state index in [0.29, 0.717) is 11.5 Å². The van der Waals surface area contributed by atoms with Crippen LogP contribution in [-0.2, 0) is 0 Å². The van der Waals surface area contributed by atoms with Gasteiger partial charge in [-0.15, -0.1) is 11.8 Å². The van der Waals surface area contributed by atoms with Gasteiger partial charge in [-0.1, -0.05) is 30.7 Å². The molecule has 3 nitrogen and oxygen atoms in total. The van der Waals surface area contributed by atoms with Crippen LogP contribution in [0.5, 0.6) is 11.5 Å². The van der Waals surface area contributed by atoms with Crippen LogP contribution in [0.25, 0.3) is 0 Å². The third kappa shape index (κ3) is 3.58. The summed E-state index contributed by atoms with van der Waals surface area (Å²) in [4.78, 5) is 12.3. The Kier molecular flexibility index (Phi) is 4.91. The molecule has 0 fully saturated rings. The summed E-state index contributed by atoms with van der Waals surface area (Å²) in [5.41, 5.74) is 2.36. The molecule has 21 heavy (non-hydrogen) atoms. The Balaban J connectivity index is 2.43. The Hall–Kier alpha value is -1.94. The molecule has 0 heterocycles. The lowest BCUT2D eigenvalue weighted by Gasteiger charge is -2.13. The van der Waals surface area contributed by atoms with Crippen LogP contribution in [0, 0.1) is 13.8 Å². The molecule has 1 N–H and O–H groups in total. The predicted octanol–water partition coefficient (Wildman–Crippen LogP) is 4.91. The van der Waals surface area contributed by atoms with Crippen molar-refractivity contribution in [3.05, 3.63) is 53.1 Å². The molecule has 2 rings (SSSR count). The van der Waals surface area contributed by atoms with Gasteiger partial charge in [0.05, 0.1) is 0 Å². The Morgan fingerprint density at radius 1 is 1.19 bits per heavy atom. The van der Waals surface area contributed by atoms with Crippen LogP contribution >= 0.6 is 11.8 Å². The van der Waals surface area contributed by atoms with Gasteiger partial charge in [0.1, 0.15) is 17.1 Å². The number of thioether (sulfide) groups is 1. The largest absolute Gasteiger partial charge is 0.478 e. The fourth-order valence-electron chi connectivity index (χ4n) is 2.11. The van der Waals surface area contributed by atoms with Crippen LogP contribution in [-0.4, -0.2) is 16.8 Å². The fraction of sp³-hybridized carbons (Fsp3) is 0.235. The second kappa shape index (κ2) is 6.68. The van der Waals surface area contributed by atoms with E-state index >= 15 is 0 Å². The van der Waals surface area contributed by atoms with Crippen LogP contribution in [0.2, 0.25) is 0 Å². The summed E-state index contributed by atoms with van der Waals surface area (Å²) in [7, 11) is 0. The van der Waals surface area contributed by atoms with Crippen molar-refractivity contribution in [2.24, 2.45) is 0 Å². The molecule has 0 bridgehead atoms. The number of hydrogen-bond donors (Lipinski definition) is 1. The summed E-state index contributed by atoms with van der Waals surface area (Å²) >= 11 is 1.50. The number of rotatable bonds is 5. The van der Waals surface area contributed by atoms with Crippen molar-refractivity contribution < 1.29 is 14.6 Å². The molecule has 110 valence electrons. The number of aromatic carboxylic acids is 1. The third-order valence-corrected chi connectivity index (χ3v) is 3.99. The first kappa shape index (κ1) is 15.4. The number of carboxylic acid groups (broad SMARTS) is 1. The molecule has 2 aromatic carbocycles. The normalized spacial score (nSPS) is 10.4. The molecule has 0 aliphatic rings. The summed E-state index contributed by atoms with van der Waals surface area (Å²) in [5.74, 6) is 0.911. The lowest BCUT2D eigenvalue weighted by atomic mass is 10.1. The molecule has 2 aromatic rings. The number of carbonyl (C=O) groups is 1. The van der Waals surface area contributed by atoms with Gasteiger partial charge in [0, 0.05) is 4.90 Å². The van der Waals surface area contributed by atoms with Gasteiger partial charge < -0.3 is 9.84 Å². The minimum atomic E-state index is -0.966. The molecule has 0 radical (unpaired) electrons. The average molecular weight is 302 g/mol. The van der Waals surface area contributed by atoms with E-state index in [2.05, 4.69) is 0 Å². The molecule has 0 aliphatic heterocycles. The molecular formula is C17H18O3S. The Labute approximate surface area is 129 Å². The summed E-state index contributed by atoms with van der Waals surface area (Å²) in [6.45, 7) is 5.96. The maximum atomic E-state index is 11.6. The molecular weight excluding hydrogens is 284 g/mol. The molecule has 4 heteroatoms. The topological polar surface area (TPSA) is 46.5 Å². The highest BCUT2D eigenvalue weighted by atomic mass is 32.2. The minimum absolute atomic E-state index is 0.226. The highest BCUT2D eigenvalue weighted by Crippen LogP contribution is 2.34. The van der Waals surface area contributed by atoms with Gasteiger partial charge in [-0.3, -0.25) is 0 Å². The first-order valence-corrected chi connectivity index (χ1v) is 7.75. The predicted molar refractivity (Wildman–Crippen MR) is 85.8 cm³/mol.